The van der Waals surface area contributed by atoms with Gasteiger partial charge in [-0.25, -0.2) is 0 Å². The second-order valence-electron chi connectivity index (χ2n) is 5.21. The van der Waals surface area contributed by atoms with Crippen LogP contribution in [0.2, 0.25) is 0 Å². The summed E-state index contributed by atoms with van der Waals surface area (Å²) < 4.78 is 6.63. The molecule has 0 atom stereocenters. The van der Waals surface area contributed by atoms with Gasteiger partial charge in [0.05, 0.1) is 0 Å². The van der Waals surface area contributed by atoms with Crippen LogP contribution in [0.5, 0.6) is 0 Å². The average molecular weight is 327 g/mol. The van der Waals surface area contributed by atoms with Crippen LogP contribution < -0.4 is 5.32 Å². The summed E-state index contributed by atoms with van der Waals surface area (Å²) in [4.78, 5) is 2.44. The van der Waals surface area contributed by atoms with E-state index in [1.54, 1.807) is 0 Å². The van der Waals surface area contributed by atoms with Crippen LogP contribution in [0.15, 0.2) is 22.7 Å². The summed E-state index contributed by atoms with van der Waals surface area (Å²) >= 11 is 3.69. The van der Waals surface area contributed by atoms with E-state index in [4.69, 9.17) is 4.74 Å². The minimum Gasteiger partial charge on any atom is -0.381 e. The van der Waals surface area contributed by atoms with Gasteiger partial charge in [-0.3, -0.25) is 4.90 Å². The molecule has 4 heteroatoms. The molecule has 1 fully saturated rings. The third kappa shape index (κ3) is 4.28. The van der Waals surface area contributed by atoms with Crippen LogP contribution in [0, 0.1) is 0 Å². The predicted molar refractivity (Wildman–Crippen MR) is 82.2 cm³/mol. The molecular weight excluding hydrogens is 304 g/mol. The van der Waals surface area contributed by atoms with Crippen molar-refractivity contribution in [2.75, 3.05) is 27.3 Å². The molecule has 1 aromatic rings. The number of hydrogen-bond acceptors (Lipinski definition) is 3. The maximum absolute atomic E-state index is 5.42. The van der Waals surface area contributed by atoms with Crippen molar-refractivity contribution in [3.63, 3.8) is 0 Å². The first kappa shape index (κ1) is 15.0. The Morgan fingerprint density at radius 2 is 2.11 bits per heavy atom. The van der Waals surface area contributed by atoms with Crippen LogP contribution in [0.3, 0.4) is 0 Å². The van der Waals surface area contributed by atoms with Crippen LogP contribution >= 0.6 is 15.9 Å². The number of benzene rings is 1. The molecule has 0 aliphatic carbocycles. The molecule has 1 aliphatic rings. The lowest BCUT2D eigenvalue weighted by atomic mass is 10.1. The normalized spacial score (nSPS) is 17.1. The third-order valence-corrected chi connectivity index (χ3v) is 4.47. The second-order valence-corrected chi connectivity index (χ2v) is 6.07. The van der Waals surface area contributed by atoms with Gasteiger partial charge in [-0.15, -0.1) is 0 Å². The van der Waals surface area contributed by atoms with Crippen LogP contribution in [-0.4, -0.2) is 38.3 Å². The molecule has 0 radical (unpaired) electrons. The molecule has 0 amide bonds. The van der Waals surface area contributed by atoms with Crippen molar-refractivity contribution in [3.8, 4) is 0 Å². The zero-order chi connectivity index (χ0) is 13.7. The Balaban J connectivity index is 1.97. The summed E-state index contributed by atoms with van der Waals surface area (Å²) in [5.74, 6) is 0. The van der Waals surface area contributed by atoms with Crippen molar-refractivity contribution >= 4 is 15.9 Å². The Morgan fingerprint density at radius 1 is 1.37 bits per heavy atom. The summed E-state index contributed by atoms with van der Waals surface area (Å²) in [6, 6.07) is 7.29. The van der Waals surface area contributed by atoms with Gasteiger partial charge in [-0.1, -0.05) is 28.1 Å². The summed E-state index contributed by atoms with van der Waals surface area (Å²) in [6.07, 6.45) is 2.29. The van der Waals surface area contributed by atoms with E-state index in [0.29, 0.717) is 6.04 Å². The number of nitrogens with zero attached hydrogens (tertiary/aromatic N) is 1. The molecule has 0 unspecified atom stereocenters. The van der Waals surface area contributed by atoms with Gasteiger partial charge < -0.3 is 10.1 Å². The molecule has 1 N–H and O–H groups in total. The maximum atomic E-state index is 5.42. The Hall–Kier alpha value is -0.420. The molecular formula is C15H23BrN2O. The van der Waals surface area contributed by atoms with Crippen molar-refractivity contribution in [1.29, 1.82) is 0 Å². The lowest BCUT2D eigenvalue weighted by molar-refractivity contribution is 0.0406. The van der Waals surface area contributed by atoms with Gasteiger partial charge in [0.15, 0.2) is 0 Å². The van der Waals surface area contributed by atoms with E-state index >= 15 is 0 Å². The highest BCUT2D eigenvalue weighted by Crippen LogP contribution is 2.22. The van der Waals surface area contributed by atoms with Crippen molar-refractivity contribution in [2.45, 2.75) is 32.0 Å². The summed E-state index contributed by atoms with van der Waals surface area (Å²) in [5, 5.41) is 3.18. The Bertz CT molecular complexity index is 405. The van der Waals surface area contributed by atoms with Gasteiger partial charge in [0.2, 0.25) is 0 Å². The van der Waals surface area contributed by atoms with E-state index in [-0.39, 0.29) is 0 Å². The van der Waals surface area contributed by atoms with E-state index in [9.17, 15) is 0 Å². The molecule has 0 saturated carbocycles. The van der Waals surface area contributed by atoms with E-state index in [1.165, 1.54) is 15.6 Å². The molecule has 1 aromatic carbocycles. The van der Waals surface area contributed by atoms with Crippen LogP contribution in [0.4, 0.5) is 0 Å². The van der Waals surface area contributed by atoms with Crippen molar-refractivity contribution < 1.29 is 4.74 Å². The fraction of sp³-hybridized carbons (Fsp3) is 0.600. The number of halogens is 1. The third-order valence-electron chi connectivity index (χ3n) is 3.73. The van der Waals surface area contributed by atoms with Crippen LogP contribution in [0.1, 0.15) is 24.0 Å². The first-order valence-electron chi connectivity index (χ1n) is 6.90. The monoisotopic (exact) mass is 326 g/mol. The quantitative estimate of drug-likeness (QED) is 0.900. The number of nitrogens with one attached hydrogen (secondary N) is 1. The van der Waals surface area contributed by atoms with E-state index in [2.05, 4.69) is 51.4 Å². The van der Waals surface area contributed by atoms with Gasteiger partial charge >= 0.3 is 0 Å². The van der Waals surface area contributed by atoms with Gasteiger partial charge in [0.25, 0.3) is 0 Å². The van der Waals surface area contributed by atoms with Gasteiger partial charge in [0.1, 0.15) is 0 Å². The minimum absolute atomic E-state index is 0.651. The molecule has 3 nitrogen and oxygen atoms in total. The minimum atomic E-state index is 0.651. The van der Waals surface area contributed by atoms with Gasteiger partial charge in [-0.2, -0.15) is 0 Å². The zero-order valence-electron chi connectivity index (χ0n) is 11.8. The Kier molecular flexibility index (Phi) is 5.82. The molecule has 2 rings (SSSR count). The number of rotatable bonds is 5. The molecule has 19 heavy (non-hydrogen) atoms. The van der Waals surface area contributed by atoms with Crippen molar-refractivity contribution in [1.82, 2.24) is 10.2 Å². The fourth-order valence-corrected chi connectivity index (χ4v) is 3.11. The highest BCUT2D eigenvalue weighted by molar-refractivity contribution is 9.10. The van der Waals surface area contributed by atoms with E-state index in [0.717, 1.165) is 39.1 Å². The molecule has 0 spiro atoms. The molecule has 106 valence electrons. The first-order chi connectivity index (χ1) is 9.20. The lowest BCUT2D eigenvalue weighted by Gasteiger charge is -2.31. The standard InChI is InChI=1S/C15H23BrN2O/c1-17-10-12-3-4-13(15(16)9-12)11-18(2)14-5-7-19-8-6-14/h3-4,9,14,17H,5-8,10-11H2,1-2H3. The van der Waals surface area contributed by atoms with E-state index < -0.39 is 0 Å². The molecule has 1 aliphatic heterocycles. The van der Waals surface area contributed by atoms with E-state index in [1.807, 2.05) is 7.05 Å². The molecule has 0 aromatic heterocycles. The lowest BCUT2D eigenvalue weighted by Crippen LogP contribution is -2.36. The highest BCUT2D eigenvalue weighted by Gasteiger charge is 2.18. The Morgan fingerprint density at radius 3 is 2.74 bits per heavy atom. The first-order valence-corrected chi connectivity index (χ1v) is 7.70. The topological polar surface area (TPSA) is 24.5 Å². The van der Waals surface area contributed by atoms with Gasteiger partial charge in [-0.05, 0) is 44.1 Å². The molecule has 1 heterocycles. The van der Waals surface area contributed by atoms with Crippen LogP contribution in [0.25, 0.3) is 0 Å². The largest absolute Gasteiger partial charge is 0.381 e. The van der Waals surface area contributed by atoms with Crippen molar-refractivity contribution in [3.05, 3.63) is 33.8 Å². The molecule has 0 bridgehead atoms. The zero-order valence-corrected chi connectivity index (χ0v) is 13.4. The second kappa shape index (κ2) is 7.39. The summed E-state index contributed by atoms with van der Waals surface area (Å²) in [7, 11) is 4.19. The van der Waals surface area contributed by atoms with Gasteiger partial charge in [0, 0.05) is 36.8 Å². The SMILES string of the molecule is CNCc1ccc(CN(C)C2CCOCC2)c(Br)c1. The molecule has 1 saturated heterocycles. The maximum Gasteiger partial charge on any atom is 0.0480 e. The number of hydrogen-bond donors (Lipinski definition) is 1. The smallest absolute Gasteiger partial charge is 0.0480 e. The average Bonchev–Trinajstić information content (AvgIpc) is 2.43. The number of ether oxygens (including phenoxy) is 1. The summed E-state index contributed by atoms with van der Waals surface area (Å²) in [5.41, 5.74) is 2.67. The predicted octanol–water partition coefficient (Wildman–Crippen LogP) is 2.78. The highest BCUT2D eigenvalue weighted by atomic mass is 79.9. The fourth-order valence-electron chi connectivity index (χ4n) is 2.56. The van der Waals surface area contributed by atoms with Crippen LogP contribution in [-0.2, 0) is 17.8 Å². The Labute approximate surface area is 124 Å². The summed E-state index contributed by atoms with van der Waals surface area (Å²) in [6.45, 7) is 3.70. The van der Waals surface area contributed by atoms with Crippen molar-refractivity contribution in [2.24, 2.45) is 0 Å².